The molecule has 0 unspecified atom stereocenters. The van der Waals surface area contributed by atoms with Crippen LogP contribution in [-0.4, -0.2) is 30.0 Å². The van der Waals surface area contributed by atoms with Gasteiger partial charge >= 0.3 is 0 Å². The number of alkyl halides is 1. The van der Waals surface area contributed by atoms with Gasteiger partial charge in [0.25, 0.3) is 5.69 Å². The number of hydrogen-bond donors (Lipinski definition) is 0. The Morgan fingerprint density at radius 1 is 1.53 bits per heavy atom. The zero-order valence-electron chi connectivity index (χ0n) is 10.8. The van der Waals surface area contributed by atoms with E-state index in [2.05, 4.69) is 0 Å². The first-order valence-electron chi connectivity index (χ1n) is 5.71. The summed E-state index contributed by atoms with van der Waals surface area (Å²) in [4.78, 5) is 23.6. The molecular weight excluding hydrogens is 272 g/mol. The van der Waals surface area contributed by atoms with Gasteiger partial charge in [-0.05, 0) is 19.4 Å². The van der Waals surface area contributed by atoms with Crippen molar-refractivity contribution in [3.05, 3.63) is 33.9 Å². The van der Waals surface area contributed by atoms with Gasteiger partial charge in [0.1, 0.15) is 18.3 Å². The van der Waals surface area contributed by atoms with E-state index in [0.29, 0.717) is 12.2 Å². The van der Waals surface area contributed by atoms with Crippen LogP contribution in [0.15, 0.2) is 18.2 Å². The molecular formula is C12H15ClN2O4. The fraction of sp³-hybridized carbons (Fsp3) is 0.417. The van der Waals surface area contributed by atoms with Gasteiger partial charge in [-0.15, -0.1) is 11.6 Å². The van der Waals surface area contributed by atoms with Gasteiger partial charge in [0, 0.05) is 12.7 Å². The van der Waals surface area contributed by atoms with Crippen LogP contribution in [0.4, 0.5) is 11.4 Å². The van der Waals surface area contributed by atoms with Crippen LogP contribution < -0.4 is 4.90 Å². The molecule has 0 fully saturated rings. The van der Waals surface area contributed by atoms with Crippen molar-refractivity contribution in [3.63, 3.8) is 0 Å². The van der Waals surface area contributed by atoms with Gasteiger partial charge in [-0.2, -0.15) is 0 Å². The molecule has 0 radical (unpaired) electrons. The molecule has 1 rings (SSSR count). The van der Waals surface area contributed by atoms with E-state index in [4.69, 9.17) is 16.3 Å². The van der Waals surface area contributed by atoms with E-state index < -0.39 is 10.8 Å². The largest absolute Gasteiger partial charge is 0.361 e. The van der Waals surface area contributed by atoms with Crippen molar-refractivity contribution < 1.29 is 14.5 Å². The van der Waals surface area contributed by atoms with Crippen LogP contribution in [0.25, 0.3) is 0 Å². The Hall–Kier alpha value is -1.66. The number of anilines is 1. The molecule has 1 aromatic rings. The standard InChI is InChI=1S/C12H15ClN2O4/c1-3-19-8-14(11(16)7-13)12-9(2)5-4-6-10(12)15(17)18/h4-6H,3,7-8H2,1-2H3. The highest BCUT2D eigenvalue weighted by atomic mass is 35.5. The minimum absolute atomic E-state index is 0.0618. The van der Waals surface area contributed by atoms with E-state index >= 15 is 0 Å². The number of carbonyl (C=O) groups is 1. The highest BCUT2D eigenvalue weighted by Crippen LogP contribution is 2.31. The molecule has 1 aromatic carbocycles. The number of rotatable bonds is 6. The van der Waals surface area contributed by atoms with E-state index in [0.717, 1.165) is 0 Å². The van der Waals surface area contributed by atoms with Crippen molar-refractivity contribution in [2.45, 2.75) is 13.8 Å². The molecule has 0 aromatic heterocycles. The molecule has 0 atom stereocenters. The molecule has 0 saturated carbocycles. The Labute approximate surface area is 116 Å². The third-order valence-corrected chi connectivity index (χ3v) is 2.75. The predicted octanol–water partition coefficient (Wildman–Crippen LogP) is 2.47. The molecule has 0 aliphatic rings. The average molecular weight is 287 g/mol. The first-order chi connectivity index (χ1) is 9.02. The first kappa shape index (κ1) is 15.4. The average Bonchev–Trinajstić information content (AvgIpc) is 2.39. The number of nitro benzene ring substituents is 1. The highest BCUT2D eigenvalue weighted by Gasteiger charge is 2.25. The van der Waals surface area contributed by atoms with Crippen LogP contribution in [0, 0.1) is 17.0 Å². The van der Waals surface area contributed by atoms with E-state index in [1.165, 1.54) is 11.0 Å². The fourth-order valence-electron chi connectivity index (χ4n) is 1.66. The normalized spacial score (nSPS) is 10.3. The minimum atomic E-state index is -0.525. The smallest absolute Gasteiger partial charge is 0.293 e. The fourth-order valence-corrected chi connectivity index (χ4v) is 1.80. The number of nitro groups is 1. The lowest BCUT2D eigenvalue weighted by Crippen LogP contribution is -2.35. The number of para-hydroxylation sites is 1. The summed E-state index contributed by atoms with van der Waals surface area (Å²) in [6.45, 7) is 3.80. The quantitative estimate of drug-likeness (QED) is 0.348. The second-order valence-corrected chi connectivity index (χ2v) is 4.04. The maximum absolute atomic E-state index is 11.8. The van der Waals surface area contributed by atoms with Crippen LogP contribution in [-0.2, 0) is 9.53 Å². The zero-order valence-corrected chi connectivity index (χ0v) is 11.5. The Bertz CT molecular complexity index is 479. The SMILES string of the molecule is CCOCN(C(=O)CCl)c1c(C)cccc1[N+](=O)[O-]. The highest BCUT2D eigenvalue weighted by molar-refractivity contribution is 6.29. The molecule has 0 bridgehead atoms. The first-order valence-corrected chi connectivity index (χ1v) is 6.24. The Balaban J connectivity index is 3.27. The molecule has 0 spiro atoms. The molecule has 0 aliphatic carbocycles. The molecule has 0 heterocycles. The van der Waals surface area contributed by atoms with Crippen LogP contribution in [0.3, 0.4) is 0 Å². The molecule has 0 aliphatic heterocycles. The summed E-state index contributed by atoms with van der Waals surface area (Å²) in [5, 5.41) is 11.1. The summed E-state index contributed by atoms with van der Waals surface area (Å²) in [5.41, 5.74) is 0.706. The Morgan fingerprint density at radius 2 is 2.21 bits per heavy atom. The predicted molar refractivity (Wildman–Crippen MR) is 72.5 cm³/mol. The lowest BCUT2D eigenvalue weighted by molar-refractivity contribution is -0.384. The summed E-state index contributed by atoms with van der Waals surface area (Å²) in [6, 6.07) is 4.62. The van der Waals surface area contributed by atoms with Crippen molar-refractivity contribution in [1.82, 2.24) is 0 Å². The Kier molecular flexibility index (Phi) is 5.72. The minimum Gasteiger partial charge on any atom is -0.361 e. The number of aryl methyl sites for hydroxylation is 1. The lowest BCUT2D eigenvalue weighted by Gasteiger charge is -2.22. The van der Waals surface area contributed by atoms with Crippen molar-refractivity contribution in [2.24, 2.45) is 0 Å². The van der Waals surface area contributed by atoms with Gasteiger partial charge in [-0.3, -0.25) is 19.8 Å². The summed E-state index contributed by atoms with van der Waals surface area (Å²) < 4.78 is 5.19. The monoisotopic (exact) mass is 286 g/mol. The number of benzene rings is 1. The zero-order chi connectivity index (χ0) is 14.4. The van der Waals surface area contributed by atoms with Crippen molar-refractivity contribution >= 4 is 28.9 Å². The van der Waals surface area contributed by atoms with Crippen LogP contribution in [0.5, 0.6) is 0 Å². The second kappa shape index (κ2) is 7.06. The van der Waals surface area contributed by atoms with E-state index in [1.54, 1.807) is 26.0 Å². The van der Waals surface area contributed by atoms with Gasteiger partial charge in [-0.25, -0.2) is 0 Å². The van der Waals surface area contributed by atoms with Crippen LogP contribution in [0.2, 0.25) is 0 Å². The van der Waals surface area contributed by atoms with Gasteiger partial charge in [0.05, 0.1) is 4.92 Å². The van der Waals surface area contributed by atoms with Gasteiger partial charge in [0.15, 0.2) is 0 Å². The maximum atomic E-state index is 11.8. The summed E-state index contributed by atoms with van der Waals surface area (Å²) in [5.74, 6) is -0.703. The molecule has 19 heavy (non-hydrogen) atoms. The topological polar surface area (TPSA) is 72.7 Å². The summed E-state index contributed by atoms with van der Waals surface area (Å²) >= 11 is 5.54. The maximum Gasteiger partial charge on any atom is 0.293 e. The van der Waals surface area contributed by atoms with Crippen molar-refractivity contribution in [3.8, 4) is 0 Å². The number of halogens is 1. The van der Waals surface area contributed by atoms with E-state index in [-0.39, 0.29) is 24.0 Å². The molecule has 104 valence electrons. The number of amides is 1. The summed E-state index contributed by atoms with van der Waals surface area (Å²) in [7, 11) is 0. The van der Waals surface area contributed by atoms with E-state index in [9.17, 15) is 14.9 Å². The van der Waals surface area contributed by atoms with Crippen molar-refractivity contribution in [1.29, 1.82) is 0 Å². The van der Waals surface area contributed by atoms with Crippen LogP contribution >= 0.6 is 11.6 Å². The van der Waals surface area contributed by atoms with Gasteiger partial charge in [-0.1, -0.05) is 12.1 Å². The third-order valence-electron chi connectivity index (χ3n) is 2.52. The second-order valence-electron chi connectivity index (χ2n) is 3.78. The molecule has 7 heteroatoms. The van der Waals surface area contributed by atoms with Gasteiger partial charge in [0.2, 0.25) is 5.91 Å². The van der Waals surface area contributed by atoms with Crippen molar-refractivity contribution in [2.75, 3.05) is 24.1 Å². The lowest BCUT2D eigenvalue weighted by atomic mass is 10.1. The number of nitrogens with zero attached hydrogens (tertiary/aromatic N) is 2. The van der Waals surface area contributed by atoms with Gasteiger partial charge < -0.3 is 4.74 Å². The number of hydrogen-bond acceptors (Lipinski definition) is 4. The molecule has 6 nitrogen and oxygen atoms in total. The Morgan fingerprint density at radius 3 is 2.74 bits per heavy atom. The van der Waals surface area contributed by atoms with Crippen LogP contribution in [0.1, 0.15) is 12.5 Å². The number of carbonyl (C=O) groups excluding carboxylic acids is 1. The summed E-state index contributed by atoms with van der Waals surface area (Å²) in [6.07, 6.45) is 0. The molecule has 0 saturated heterocycles. The molecule has 0 N–H and O–H groups in total. The third kappa shape index (κ3) is 3.65. The molecule has 1 amide bonds. The van der Waals surface area contributed by atoms with E-state index in [1.807, 2.05) is 0 Å². The number of ether oxygens (including phenoxy) is 1.